The number of hydrogen-bond donors (Lipinski definition) is 3. The minimum Gasteiger partial charge on any atom is -0.508 e. The Labute approximate surface area is 143 Å². The predicted molar refractivity (Wildman–Crippen MR) is 94.9 cm³/mol. The molecule has 2 N–H and O–H groups in total. The molecule has 5 nitrogen and oxygen atoms in total. The van der Waals surface area contributed by atoms with Crippen LogP contribution in [0.5, 0.6) is 11.5 Å². The molecule has 0 bridgehead atoms. The second-order valence-corrected chi connectivity index (χ2v) is 5.83. The van der Waals surface area contributed by atoms with Crippen LogP contribution in [0.1, 0.15) is 0 Å². The van der Waals surface area contributed by atoms with E-state index in [1.807, 2.05) is 42.5 Å². The van der Waals surface area contributed by atoms with Crippen molar-refractivity contribution in [2.24, 2.45) is 0 Å². The van der Waals surface area contributed by atoms with E-state index in [9.17, 15) is 10.2 Å². The second kappa shape index (κ2) is 5.58. The predicted octanol–water partition coefficient (Wildman–Crippen LogP) is 3.79. The highest BCUT2D eigenvalue weighted by Crippen LogP contribution is 2.33. The molecule has 0 fully saturated rings. The van der Waals surface area contributed by atoms with Gasteiger partial charge in [-0.05, 0) is 29.0 Å². The number of thiol groups is 1. The summed E-state index contributed by atoms with van der Waals surface area (Å²) in [5.74, 6) is -0.106. The fourth-order valence-corrected chi connectivity index (χ4v) is 2.99. The van der Waals surface area contributed by atoms with Crippen molar-refractivity contribution >= 4 is 23.4 Å². The summed E-state index contributed by atoms with van der Waals surface area (Å²) in [6.45, 7) is 0. The normalized spacial score (nSPS) is 11.0. The Morgan fingerprint density at radius 1 is 0.875 bits per heavy atom. The highest BCUT2D eigenvalue weighted by Gasteiger charge is 2.17. The van der Waals surface area contributed by atoms with Gasteiger partial charge in [-0.2, -0.15) is 0 Å². The molecule has 4 aromatic rings. The number of hydrogen-bond acceptors (Lipinski definition) is 5. The molecule has 3 aromatic carbocycles. The van der Waals surface area contributed by atoms with Crippen molar-refractivity contribution in [3.05, 3.63) is 60.7 Å². The molecule has 0 aliphatic carbocycles. The average Bonchev–Trinajstić information content (AvgIpc) is 2.96. The number of phenols is 2. The topological polar surface area (TPSA) is 71.2 Å². The Morgan fingerprint density at radius 3 is 2.46 bits per heavy atom. The Bertz CT molecular complexity index is 1060. The average molecular weight is 335 g/mol. The molecule has 0 amide bonds. The molecule has 1 heterocycles. The molecule has 0 spiro atoms. The minimum atomic E-state index is -0.0877. The van der Waals surface area contributed by atoms with Crippen LogP contribution in [0.25, 0.3) is 27.7 Å². The van der Waals surface area contributed by atoms with Gasteiger partial charge >= 0.3 is 0 Å². The van der Waals surface area contributed by atoms with E-state index in [0.717, 1.165) is 16.3 Å². The Kier molecular flexibility index (Phi) is 3.39. The van der Waals surface area contributed by atoms with E-state index in [4.69, 9.17) is 0 Å². The Hall–Kier alpha value is -2.99. The summed E-state index contributed by atoms with van der Waals surface area (Å²) in [5.41, 5.74) is 1.98. The molecule has 0 aliphatic rings. The van der Waals surface area contributed by atoms with Crippen molar-refractivity contribution in [2.45, 2.75) is 5.03 Å². The quantitative estimate of drug-likeness (QED) is 0.488. The van der Waals surface area contributed by atoms with E-state index >= 15 is 0 Å². The molecular formula is C18H13N3O2S. The van der Waals surface area contributed by atoms with Gasteiger partial charge < -0.3 is 10.2 Å². The van der Waals surface area contributed by atoms with E-state index in [1.165, 1.54) is 16.8 Å². The number of nitrogens with zero attached hydrogens (tertiary/aromatic N) is 3. The fourth-order valence-electron chi connectivity index (χ4n) is 2.72. The molecule has 0 saturated carbocycles. The van der Waals surface area contributed by atoms with Crippen LogP contribution in [-0.2, 0) is 0 Å². The van der Waals surface area contributed by atoms with Gasteiger partial charge in [-0.15, -0.1) is 17.7 Å². The van der Waals surface area contributed by atoms with Crippen molar-refractivity contribution in [3.8, 4) is 28.4 Å². The summed E-state index contributed by atoms with van der Waals surface area (Å²) >= 11 is 4.40. The second-order valence-electron chi connectivity index (χ2n) is 5.41. The monoisotopic (exact) mass is 335 g/mol. The molecule has 24 heavy (non-hydrogen) atoms. The first-order valence-corrected chi connectivity index (χ1v) is 7.74. The number of aromatic nitrogens is 3. The first-order valence-electron chi connectivity index (χ1n) is 7.30. The zero-order valence-electron chi connectivity index (χ0n) is 12.5. The lowest BCUT2D eigenvalue weighted by molar-refractivity contribution is 0.447. The fraction of sp³-hybridized carbons (Fsp3) is 0. The molecule has 6 heteroatoms. The van der Waals surface area contributed by atoms with E-state index < -0.39 is 0 Å². The van der Waals surface area contributed by atoms with Gasteiger partial charge in [0.05, 0.1) is 0 Å². The third-order valence-corrected chi connectivity index (χ3v) is 4.16. The van der Waals surface area contributed by atoms with Crippen LogP contribution < -0.4 is 0 Å². The highest BCUT2D eigenvalue weighted by molar-refractivity contribution is 7.80. The third kappa shape index (κ3) is 2.37. The number of phenolic OH excluding ortho intramolecular Hbond substituents is 2. The summed E-state index contributed by atoms with van der Waals surface area (Å²) < 4.78 is 1.52. The van der Waals surface area contributed by atoms with Gasteiger partial charge in [0, 0.05) is 11.6 Å². The number of rotatable bonds is 2. The molecule has 0 saturated heterocycles. The van der Waals surface area contributed by atoms with Crippen LogP contribution >= 0.6 is 12.6 Å². The van der Waals surface area contributed by atoms with Gasteiger partial charge in [-0.1, -0.05) is 41.6 Å². The van der Waals surface area contributed by atoms with Gasteiger partial charge in [0.2, 0.25) is 0 Å². The van der Waals surface area contributed by atoms with Crippen molar-refractivity contribution < 1.29 is 10.2 Å². The molecule has 4 rings (SSSR count). The summed E-state index contributed by atoms with van der Waals surface area (Å²) in [6, 6.07) is 18.4. The zero-order valence-corrected chi connectivity index (χ0v) is 13.4. The molecule has 0 aliphatic heterocycles. The molecule has 0 radical (unpaired) electrons. The van der Waals surface area contributed by atoms with Gasteiger partial charge in [-0.25, -0.2) is 4.68 Å². The van der Waals surface area contributed by atoms with Crippen LogP contribution in [0.2, 0.25) is 0 Å². The number of benzene rings is 3. The Morgan fingerprint density at radius 2 is 1.67 bits per heavy atom. The first-order chi connectivity index (χ1) is 11.6. The lowest BCUT2D eigenvalue weighted by atomic mass is 10.1. The van der Waals surface area contributed by atoms with Gasteiger partial charge in [0.15, 0.2) is 0 Å². The molecule has 1 aromatic heterocycles. The smallest absolute Gasteiger partial charge is 0.145 e. The van der Waals surface area contributed by atoms with E-state index in [1.54, 1.807) is 6.07 Å². The van der Waals surface area contributed by atoms with E-state index in [2.05, 4.69) is 22.9 Å². The maximum absolute atomic E-state index is 10.1. The lowest BCUT2D eigenvalue weighted by Crippen LogP contribution is -2.00. The molecule has 0 atom stereocenters. The summed E-state index contributed by atoms with van der Waals surface area (Å²) in [4.78, 5) is 0. The maximum atomic E-state index is 10.1. The number of fused-ring (bicyclic) bond motifs is 1. The van der Waals surface area contributed by atoms with Gasteiger partial charge in [0.1, 0.15) is 27.9 Å². The van der Waals surface area contributed by atoms with Crippen LogP contribution in [0.15, 0.2) is 65.7 Å². The SMILES string of the molecule is Oc1ccc(-n2nnc(S)c2-c2ccc3ccccc3c2)c(O)c1. The third-order valence-electron chi connectivity index (χ3n) is 3.86. The van der Waals surface area contributed by atoms with E-state index in [0.29, 0.717) is 16.4 Å². The maximum Gasteiger partial charge on any atom is 0.145 e. The summed E-state index contributed by atoms with van der Waals surface area (Å²) in [6.07, 6.45) is 0. The van der Waals surface area contributed by atoms with Crippen LogP contribution in [0, 0.1) is 0 Å². The first kappa shape index (κ1) is 14.6. The summed E-state index contributed by atoms with van der Waals surface area (Å²) in [7, 11) is 0. The van der Waals surface area contributed by atoms with Crippen molar-refractivity contribution in [3.63, 3.8) is 0 Å². The van der Waals surface area contributed by atoms with Crippen molar-refractivity contribution in [2.75, 3.05) is 0 Å². The standard InChI is InChI=1S/C18H13N3O2S/c22-14-7-8-15(16(23)10-14)21-17(18(24)19-20-21)13-6-5-11-3-1-2-4-12(11)9-13/h1-10,22-24H. The van der Waals surface area contributed by atoms with E-state index in [-0.39, 0.29) is 11.5 Å². The highest BCUT2D eigenvalue weighted by atomic mass is 32.1. The number of aromatic hydroxyl groups is 2. The lowest BCUT2D eigenvalue weighted by Gasteiger charge is -2.10. The zero-order chi connectivity index (χ0) is 16.7. The van der Waals surface area contributed by atoms with Crippen LogP contribution in [-0.4, -0.2) is 25.2 Å². The minimum absolute atomic E-state index is 0.0188. The largest absolute Gasteiger partial charge is 0.508 e. The van der Waals surface area contributed by atoms with Crippen LogP contribution in [0.3, 0.4) is 0 Å². The molecule has 0 unspecified atom stereocenters. The summed E-state index contributed by atoms with van der Waals surface area (Å²) in [5, 5.41) is 30.4. The van der Waals surface area contributed by atoms with Crippen molar-refractivity contribution in [1.29, 1.82) is 0 Å². The molecular weight excluding hydrogens is 322 g/mol. The molecule has 118 valence electrons. The van der Waals surface area contributed by atoms with Gasteiger partial charge in [-0.3, -0.25) is 0 Å². The Balaban J connectivity index is 1.93. The van der Waals surface area contributed by atoms with Crippen molar-refractivity contribution in [1.82, 2.24) is 15.0 Å². The van der Waals surface area contributed by atoms with Crippen LogP contribution in [0.4, 0.5) is 0 Å². The van der Waals surface area contributed by atoms with Gasteiger partial charge in [0.25, 0.3) is 0 Å².